The Balaban J connectivity index is 2.47. The van der Waals surface area contributed by atoms with Crippen LogP contribution in [0.25, 0.3) is 0 Å². The van der Waals surface area contributed by atoms with Crippen molar-refractivity contribution in [3.8, 4) is 5.75 Å². The number of fused-ring (bicyclic) bond motifs is 1. The Bertz CT molecular complexity index is 529. The van der Waals surface area contributed by atoms with Gasteiger partial charge >= 0.3 is 6.18 Å². The van der Waals surface area contributed by atoms with Gasteiger partial charge in [0.25, 0.3) is 0 Å². The standard InChI is InChI=1S/C15H17F3O3/c1-2-13(9-14(20,10-19)15(16,17)18)7-8-21-12-6-4-3-5-11(12)13/h3-6,10,20H,2,7-9H2,1H3. The van der Waals surface area contributed by atoms with Gasteiger partial charge in [0.2, 0.25) is 5.60 Å². The largest absolute Gasteiger partial charge is 0.493 e. The van der Waals surface area contributed by atoms with Crippen molar-refractivity contribution in [2.24, 2.45) is 0 Å². The molecule has 3 nitrogen and oxygen atoms in total. The molecular formula is C15H17F3O3. The van der Waals surface area contributed by atoms with Crippen molar-refractivity contribution in [2.45, 2.75) is 43.4 Å². The first-order chi connectivity index (χ1) is 9.78. The third-order valence-corrected chi connectivity index (χ3v) is 4.27. The number of rotatable bonds is 4. The highest BCUT2D eigenvalue weighted by Crippen LogP contribution is 2.48. The lowest BCUT2D eigenvalue weighted by Crippen LogP contribution is -2.52. The minimum Gasteiger partial charge on any atom is -0.493 e. The molecule has 1 aliphatic heterocycles. The number of carbonyl (C=O) groups excluding carboxylic acids is 1. The fourth-order valence-electron chi connectivity index (χ4n) is 2.92. The van der Waals surface area contributed by atoms with E-state index in [-0.39, 0.29) is 6.61 Å². The Morgan fingerprint density at radius 1 is 1.38 bits per heavy atom. The number of aliphatic hydroxyl groups is 1. The molecule has 1 N–H and O–H groups in total. The van der Waals surface area contributed by atoms with Crippen LogP contribution in [0.1, 0.15) is 31.7 Å². The topological polar surface area (TPSA) is 46.5 Å². The Kier molecular flexibility index (Phi) is 4.02. The average Bonchev–Trinajstić information content (AvgIpc) is 2.46. The first-order valence-electron chi connectivity index (χ1n) is 6.76. The van der Waals surface area contributed by atoms with Gasteiger partial charge in [-0.1, -0.05) is 25.1 Å². The molecule has 0 saturated carbocycles. The van der Waals surface area contributed by atoms with Gasteiger partial charge in [0.1, 0.15) is 5.75 Å². The number of halogens is 3. The molecule has 1 aromatic carbocycles. The summed E-state index contributed by atoms with van der Waals surface area (Å²) in [6, 6.07) is 6.83. The number of alkyl halides is 3. The van der Waals surface area contributed by atoms with Crippen molar-refractivity contribution in [3.63, 3.8) is 0 Å². The maximum absolute atomic E-state index is 13.0. The molecule has 21 heavy (non-hydrogen) atoms. The van der Waals surface area contributed by atoms with Crippen LogP contribution in [0.15, 0.2) is 24.3 Å². The number of hydrogen-bond acceptors (Lipinski definition) is 3. The molecular weight excluding hydrogens is 285 g/mol. The molecule has 2 unspecified atom stereocenters. The number of hydrogen-bond donors (Lipinski definition) is 1. The normalized spacial score (nSPS) is 24.6. The molecule has 0 saturated heterocycles. The molecule has 1 aromatic rings. The maximum Gasteiger partial charge on any atom is 0.424 e. The molecule has 116 valence electrons. The van der Waals surface area contributed by atoms with Gasteiger partial charge in [-0.15, -0.1) is 0 Å². The molecule has 0 spiro atoms. The highest BCUT2D eigenvalue weighted by atomic mass is 19.4. The molecule has 1 heterocycles. The SMILES string of the molecule is CCC1(CC(O)(C=O)C(F)(F)F)CCOc2ccccc21. The van der Waals surface area contributed by atoms with E-state index in [9.17, 15) is 23.1 Å². The maximum atomic E-state index is 13.0. The minimum absolute atomic E-state index is 0.262. The first kappa shape index (κ1) is 15.8. The molecule has 0 radical (unpaired) electrons. The zero-order chi connectivity index (χ0) is 15.7. The van der Waals surface area contributed by atoms with Crippen molar-refractivity contribution >= 4 is 6.29 Å². The van der Waals surface area contributed by atoms with Crippen molar-refractivity contribution in [1.82, 2.24) is 0 Å². The van der Waals surface area contributed by atoms with Gasteiger partial charge in [0, 0.05) is 17.4 Å². The molecule has 2 rings (SSSR count). The molecule has 1 aliphatic rings. The summed E-state index contributed by atoms with van der Waals surface area (Å²) in [4.78, 5) is 10.9. The van der Waals surface area contributed by atoms with Crippen molar-refractivity contribution < 1.29 is 27.8 Å². The molecule has 0 fully saturated rings. The average molecular weight is 302 g/mol. The summed E-state index contributed by atoms with van der Waals surface area (Å²) in [5.74, 6) is 0.515. The predicted octanol–water partition coefficient (Wildman–Crippen LogP) is 3.00. The Labute approximate surface area is 120 Å². The summed E-state index contributed by atoms with van der Waals surface area (Å²) in [5, 5.41) is 9.80. The number of carbonyl (C=O) groups is 1. The van der Waals surface area contributed by atoms with E-state index in [1.807, 2.05) is 0 Å². The lowest BCUT2D eigenvalue weighted by molar-refractivity contribution is -0.251. The zero-order valence-electron chi connectivity index (χ0n) is 11.6. The lowest BCUT2D eigenvalue weighted by Gasteiger charge is -2.42. The van der Waals surface area contributed by atoms with Gasteiger partial charge in [-0.3, -0.25) is 4.79 Å². The van der Waals surface area contributed by atoms with Gasteiger partial charge in [0.05, 0.1) is 6.61 Å². The molecule has 2 atom stereocenters. The van der Waals surface area contributed by atoms with Gasteiger partial charge in [-0.05, 0) is 18.9 Å². The second-order valence-electron chi connectivity index (χ2n) is 5.45. The quantitative estimate of drug-likeness (QED) is 0.870. The van der Waals surface area contributed by atoms with E-state index < -0.39 is 29.9 Å². The molecule has 0 bridgehead atoms. The third-order valence-electron chi connectivity index (χ3n) is 4.27. The lowest BCUT2D eigenvalue weighted by atomic mass is 9.67. The second kappa shape index (κ2) is 5.33. The first-order valence-corrected chi connectivity index (χ1v) is 6.76. The summed E-state index contributed by atoms with van der Waals surface area (Å²) in [6.45, 7) is 2.02. The van der Waals surface area contributed by atoms with E-state index >= 15 is 0 Å². The van der Waals surface area contributed by atoms with Gasteiger partial charge in [-0.2, -0.15) is 13.2 Å². The van der Waals surface area contributed by atoms with E-state index in [0.29, 0.717) is 24.2 Å². The van der Waals surface area contributed by atoms with Gasteiger partial charge in [0.15, 0.2) is 6.29 Å². The van der Waals surface area contributed by atoms with E-state index in [2.05, 4.69) is 0 Å². The third kappa shape index (κ3) is 2.64. The van der Waals surface area contributed by atoms with Crippen molar-refractivity contribution in [3.05, 3.63) is 29.8 Å². The van der Waals surface area contributed by atoms with E-state index in [4.69, 9.17) is 4.74 Å². The Morgan fingerprint density at radius 3 is 2.62 bits per heavy atom. The van der Waals surface area contributed by atoms with E-state index in [1.54, 1.807) is 31.2 Å². The smallest absolute Gasteiger partial charge is 0.424 e. The fraction of sp³-hybridized carbons (Fsp3) is 0.533. The monoisotopic (exact) mass is 302 g/mol. The summed E-state index contributed by atoms with van der Waals surface area (Å²) < 4.78 is 44.6. The zero-order valence-corrected chi connectivity index (χ0v) is 11.6. The van der Waals surface area contributed by atoms with E-state index in [0.717, 1.165) is 0 Å². The van der Waals surface area contributed by atoms with Crippen molar-refractivity contribution in [2.75, 3.05) is 6.61 Å². The summed E-state index contributed by atoms with van der Waals surface area (Å²) in [7, 11) is 0. The molecule has 6 heteroatoms. The Morgan fingerprint density at radius 2 is 2.05 bits per heavy atom. The fourth-order valence-corrected chi connectivity index (χ4v) is 2.92. The van der Waals surface area contributed by atoms with Crippen LogP contribution >= 0.6 is 0 Å². The van der Waals surface area contributed by atoms with Crippen LogP contribution in [-0.4, -0.2) is 29.8 Å². The predicted molar refractivity (Wildman–Crippen MR) is 70.2 cm³/mol. The number of aldehydes is 1. The minimum atomic E-state index is -5.00. The van der Waals surface area contributed by atoms with Crippen LogP contribution in [0.3, 0.4) is 0 Å². The van der Waals surface area contributed by atoms with Crippen LogP contribution in [-0.2, 0) is 10.2 Å². The summed E-state index contributed by atoms with van der Waals surface area (Å²) >= 11 is 0. The summed E-state index contributed by atoms with van der Waals surface area (Å²) in [5.41, 5.74) is -3.66. The van der Waals surface area contributed by atoms with Crippen LogP contribution in [0.2, 0.25) is 0 Å². The highest BCUT2D eigenvalue weighted by Gasteiger charge is 2.58. The van der Waals surface area contributed by atoms with Crippen LogP contribution in [0.4, 0.5) is 13.2 Å². The van der Waals surface area contributed by atoms with Crippen LogP contribution < -0.4 is 4.74 Å². The summed E-state index contributed by atoms with van der Waals surface area (Å²) in [6.07, 6.45) is -5.39. The number of para-hydroxylation sites is 1. The highest BCUT2D eigenvalue weighted by molar-refractivity contribution is 5.64. The second-order valence-corrected chi connectivity index (χ2v) is 5.45. The molecule has 0 amide bonds. The molecule has 0 aliphatic carbocycles. The number of ether oxygens (including phenoxy) is 1. The number of benzene rings is 1. The van der Waals surface area contributed by atoms with E-state index in [1.165, 1.54) is 0 Å². The van der Waals surface area contributed by atoms with Crippen LogP contribution in [0.5, 0.6) is 5.75 Å². The van der Waals surface area contributed by atoms with Gasteiger partial charge in [-0.25, -0.2) is 0 Å². The molecule has 0 aromatic heterocycles. The Hall–Kier alpha value is -1.56. The van der Waals surface area contributed by atoms with Crippen LogP contribution in [0, 0.1) is 0 Å². The van der Waals surface area contributed by atoms with Gasteiger partial charge < -0.3 is 9.84 Å². The van der Waals surface area contributed by atoms with Crippen molar-refractivity contribution in [1.29, 1.82) is 0 Å².